The molecule has 0 unspecified atom stereocenters. The molecule has 36 heavy (non-hydrogen) atoms. The summed E-state index contributed by atoms with van der Waals surface area (Å²) in [5, 5.41) is 21.8. The molecule has 3 rings (SSSR count). The second-order valence-electron chi connectivity index (χ2n) is 10.3. The van der Waals surface area contributed by atoms with Crippen molar-refractivity contribution in [2.45, 2.75) is 51.4 Å². The Morgan fingerprint density at radius 1 is 1.17 bits per heavy atom. The average Bonchev–Trinajstić information content (AvgIpc) is 3.25. The maximum absolute atomic E-state index is 13.7. The summed E-state index contributed by atoms with van der Waals surface area (Å²) in [6.07, 6.45) is 2.25. The van der Waals surface area contributed by atoms with Crippen LogP contribution in [0.3, 0.4) is 0 Å². The first-order chi connectivity index (χ1) is 16.8. The number of ether oxygens (including phenoxy) is 2. The number of carbonyl (C=O) groups is 1. The van der Waals surface area contributed by atoms with Gasteiger partial charge in [-0.05, 0) is 47.8 Å². The number of hydrogen-bond acceptors (Lipinski definition) is 7. The smallest absolute Gasteiger partial charge is 0.286 e. The van der Waals surface area contributed by atoms with E-state index in [1.807, 2.05) is 24.3 Å². The largest absolute Gasteiger partial charge is 0.504 e. The molecule has 0 saturated carbocycles. The zero-order valence-corrected chi connectivity index (χ0v) is 22.8. The lowest BCUT2D eigenvalue weighted by molar-refractivity contribution is -0.385. The molecule has 1 amide bonds. The maximum atomic E-state index is 13.7. The Bertz CT molecular complexity index is 1170. The van der Waals surface area contributed by atoms with Gasteiger partial charge in [0.25, 0.3) is 11.6 Å². The number of hydrogen-bond donors (Lipinski definition) is 1. The van der Waals surface area contributed by atoms with Crippen LogP contribution < -0.4 is 9.47 Å². The third-order valence-electron chi connectivity index (χ3n) is 7.01. The van der Waals surface area contributed by atoms with E-state index >= 15 is 0 Å². The molecule has 0 aliphatic carbocycles. The van der Waals surface area contributed by atoms with Gasteiger partial charge in [-0.1, -0.05) is 32.9 Å². The van der Waals surface area contributed by atoms with Crippen molar-refractivity contribution in [2.75, 3.05) is 20.8 Å². The van der Waals surface area contributed by atoms with E-state index in [0.717, 1.165) is 23.0 Å². The summed E-state index contributed by atoms with van der Waals surface area (Å²) in [7, 11) is 0.797. The molecule has 194 valence electrons. The van der Waals surface area contributed by atoms with Crippen LogP contribution in [0.15, 0.2) is 42.6 Å². The van der Waals surface area contributed by atoms with Crippen molar-refractivity contribution >= 4 is 25.5 Å². The summed E-state index contributed by atoms with van der Waals surface area (Å²) in [5.41, 5.74) is 1.16. The molecule has 0 fully saturated rings. The highest BCUT2D eigenvalue weighted by Crippen LogP contribution is 2.40. The van der Waals surface area contributed by atoms with Crippen molar-refractivity contribution in [3.63, 3.8) is 0 Å². The number of amides is 1. The number of phenolic OH excluding ortho intramolecular Hbond substituents is 1. The summed E-state index contributed by atoms with van der Waals surface area (Å²) in [4.78, 5) is 26.3. The standard InChI is InChI=1S/C26H34N2O7Si/c1-26(2,3)36(6,7)35-16-19-12-18(17-8-10-20(33-4)11-9-17)15-27(19)25(30)21-13-24(34-5)23(29)14-22(21)28(31)32/h8-11,13-15,19,29H,12,16H2,1-7H3/t19-/m0/s1. The summed E-state index contributed by atoms with van der Waals surface area (Å²) >= 11 is 0. The molecule has 10 heteroatoms. The highest BCUT2D eigenvalue weighted by Gasteiger charge is 2.40. The molecule has 1 heterocycles. The number of phenols is 1. The average molecular weight is 515 g/mol. The molecule has 1 aliphatic rings. The normalized spacial score (nSPS) is 16.0. The fourth-order valence-electron chi connectivity index (χ4n) is 3.74. The number of aromatic hydroxyl groups is 1. The van der Waals surface area contributed by atoms with E-state index in [1.54, 1.807) is 13.3 Å². The number of methoxy groups -OCH3 is 2. The van der Waals surface area contributed by atoms with Crippen molar-refractivity contribution in [1.29, 1.82) is 0 Å². The molecule has 0 saturated heterocycles. The van der Waals surface area contributed by atoms with Crippen molar-refractivity contribution in [2.24, 2.45) is 0 Å². The van der Waals surface area contributed by atoms with Crippen LogP contribution in [-0.4, -0.2) is 56.0 Å². The van der Waals surface area contributed by atoms with Crippen LogP contribution in [0.25, 0.3) is 5.57 Å². The highest BCUT2D eigenvalue weighted by molar-refractivity contribution is 6.74. The lowest BCUT2D eigenvalue weighted by Gasteiger charge is -2.38. The van der Waals surface area contributed by atoms with Crippen LogP contribution in [0, 0.1) is 10.1 Å². The lowest BCUT2D eigenvalue weighted by atomic mass is 10.0. The molecular formula is C26H34N2O7Si. The molecule has 2 aromatic carbocycles. The van der Waals surface area contributed by atoms with E-state index in [9.17, 15) is 20.0 Å². The zero-order chi connectivity index (χ0) is 26.8. The number of rotatable bonds is 8. The van der Waals surface area contributed by atoms with Crippen molar-refractivity contribution in [3.8, 4) is 17.2 Å². The molecule has 1 atom stereocenters. The van der Waals surface area contributed by atoms with E-state index in [-0.39, 0.29) is 22.4 Å². The minimum atomic E-state index is -2.12. The molecule has 0 radical (unpaired) electrons. The molecule has 1 aliphatic heterocycles. The number of nitrogens with zero attached hydrogens (tertiary/aromatic N) is 2. The Balaban J connectivity index is 2.02. The van der Waals surface area contributed by atoms with E-state index in [0.29, 0.717) is 13.0 Å². The monoisotopic (exact) mass is 514 g/mol. The minimum Gasteiger partial charge on any atom is -0.504 e. The Labute approximate surface area is 212 Å². The molecule has 0 bridgehead atoms. The van der Waals surface area contributed by atoms with Gasteiger partial charge in [0.1, 0.15) is 11.3 Å². The quantitative estimate of drug-likeness (QED) is 0.277. The van der Waals surface area contributed by atoms with Crippen LogP contribution in [0.1, 0.15) is 43.1 Å². The highest BCUT2D eigenvalue weighted by atomic mass is 28.4. The molecule has 9 nitrogen and oxygen atoms in total. The number of benzene rings is 2. The molecule has 1 N–H and O–H groups in total. The summed E-state index contributed by atoms with van der Waals surface area (Å²) in [6.45, 7) is 11.0. The minimum absolute atomic E-state index is 0.0171. The first-order valence-electron chi connectivity index (χ1n) is 11.7. The lowest BCUT2D eigenvalue weighted by Crippen LogP contribution is -2.45. The van der Waals surface area contributed by atoms with Crippen molar-refractivity contribution < 1.29 is 28.7 Å². The van der Waals surface area contributed by atoms with E-state index in [1.165, 1.54) is 18.1 Å². The van der Waals surface area contributed by atoms with Gasteiger partial charge in [0.2, 0.25) is 0 Å². The first kappa shape index (κ1) is 27.2. The van der Waals surface area contributed by atoms with E-state index in [4.69, 9.17) is 13.9 Å². The summed E-state index contributed by atoms with van der Waals surface area (Å²) in [5.74, 6) is -0.270. The predicted octanol–water partition coefficient (Wildman–Crippen LogP) is 5.60. The predicted molar refractivity (Wildman–Crippen MR) is 140 cm³/mol. The Morgan fingerprint density at radius 3 is 2.33 bits per heavy atom. The Morgan fingerprint density at radius 2 is 1.81 bits per heavy atom. The molecular weight excluding hydrogens is 480 g/mol. The van der Waals surface area contributed by atoms with Crippen molar-refractivity contribution in [3.05, 3.63) is 63.8 Å². The van der Waals surface area contributed by atoms with Gasteiger partial charge in [-0.3, -0.25) is 14.9 Å². The van der Waals surface area contributed by atoms with Gasteiger partial charge in [0.05, 0.1) is 37.9 Å². The van der Waals surface area contributed by atoms with Gasteiger partial charge in [0, 0.05) is 12.3 Å². The fraction of sp³-hybridized carbons (Fsp3) is 0.423. The molecule has 0 spiro atoms. The van der Waals surface area contributed by atoms with Crippen LogP contribution in [0.4, 0.5) is 5.69 Å². The Kier molecular flexibility index (Phi) is 7.80. The van der Waals surface area contributed by atoms with E-state index in [2.05, 4.69) is 33.9 Å². The third kappa shape index (κ3) is 5.55. The van der Waals surface area contributed by atoms with Crippen LogP contribution in [-0.2, 0) is 4.43 Å². The number of carbonyl (C=O) groups excluding carboxylic acids is 1. The summed E-state index contributed by atoms with van der Waals surface area (Å²) < 4.78 is 16.8. The topological polar surface area (TPSA) is 111 Å². The number of nitro groups is 1. The van der Waals surface area contributed by atoms with Crippen molar-refractivity contribution in [1.82, 2.24) is 4.90 Å². The van der Waals surface area contributed by atoms with E-state index < -0.39 is 30.6 Å². The maximum Gasteiger partial charge on any atom is 0.286 e. The van der Waals surface area contributed by atoms with Gasteiger partial charge in [-0.2, -0.15) is 0 Å². The molecule has 0 aromatic heterocycles. The zero-order valence-electron chi connectivity index (χ0n) is 21.8. The fourth-order valence-corrected chi connectivity index (χ4v) is 4.78. The van der Waals surface area contributed by atoms with Gasteiger partial charge in [0.15, 0.2) is 19.8 Å². The van der Waals surface area contributed by atoms with Crippen LogP contribution in [0.5, 0.6) is 17.2 Å². The van der Waals surface area contributed by atoms with Gasteiger partial charge in [-0.15, -0.1) is 0 Å². The second-order valence-corrected chi connectivity index (χ2v) is 15.1. The second kappa shape index (κ2) is 10.3. The number of nitro benzene ring substituents is 1. The molecule has 2 aromatic rings. The van der Waals surface area contributed by atoms with Crippen LogP contribution in [0.2, 0.25) is 18.1 Å². The van der Waals surface area contributed by atoms with Gasteiger partial charge < -0.3 is 23.9 Å². The SMILES string of the molecule is COc1ccc(C2=CN(C(=O)c3cc(OC)c(O)cc3[N+](=O)[O-])[C@H](CO[Si](C)(C)C(C)(C)C)C2)cc1. The first-order valence-corrected chi connectivity index (χ1v) is 14.6. The third-order valence-corrected chi connectivity index (χ3v) is 11.5. The van der Waals surface area contributed by atoms with Gasteiger partial charge >= 0.3 is 0 Å². The summed E-state index contributed by atoms with van der Waals surface area (Å²) in [6, 6.07) is 9.31. The van der Waals surface area contributed by atoms with Crippen LogP contribution >= 0.6 is 0 Å². The van der Waals surface area contributed by atoms with Gasteiger partial charge in [-0.25, -0.2) is 0 Å². The Hall–Kier alpha value is -3.37.